The van der Waals surface area contributed by atoms with Crippen molar-refractivity contribution in [3.63, 3.8) is 0 Å². The van der Waals surface area contributed by atoms with E-state index in [0.717, 1.165) is 5.56 Å². The molecule has 0 aliphatic carbocycles. The number of benzene rings is 1. The molecule has 0 radical (unpaired) electrons. The van der Waals surface area contributed by atoms with Crippen molar-refractivity contribution < 1.29 is 24.2 Å². The van der Waals surface area contributed by atoms with Gasteiger partial charge in [-0.05, 0) is 26.3 Å². The summed E-state index contributed by atoms with van der Waals surface area (Å²) in [5, 5.41) is 11.2. The quantitative estimate of drug-likeness (QED) is 0.781. The van der Waals surface area contributed by atoms with Gasteiger partial charge in [-0.25, -0.2) is 9.59 Å². The Hall–Kier alpha value is -2.08. The van der Waals surface area contributed by atoms with Crippen LogP contribution in [0.15, 0.2) is 30.3 Å². The molecular formula is C16H23NO5. The standard InChI is InChI=1S/C16H23NO5/c1-16(2,3)22-15(20)17-13(14(19)21-10-9-18)11-12-7-5-4-6-8-12/h4-8,13,18H,9-11H2,1-3H3,(H,17,20)/t13-/m0/s1. The lowest BCUT2D eigenvalue weighted by molar-refractivity contribution is -0.147. The minimum Gasteiger partial charge on any atom is -0.462 e. The average Bonchev–Trinajstić information content (AvgIpc) is 2.43. The van der Waals surface area contributed by atoms with Gasteiger partial charge in [-0.15, -0.1) is 0 Å². The summed E-state index contributed by atoms with van der Waals surface area (Å²) in [5.74, 6) is -0.608. The molecule has 0 saturated carbocycles. The molecule has 0 bridgehead atoms. The number of alkyl carbamates (subject to hydrolysis) is 1. The first-order valence-electron chi connectivity index (χ1n) is 7.13. The van der Waals surface area contributed by atoms with Gasteiger partial charge in [0.2, 0.25) is 0 Å². The number of amides is 1. The number of aliphatic hydroxyl groups excluding tert-OH is 1. The Labute approximate surface area is 130 Å². The Morgan fingerprint density at radius 1 is 1.23 bits per heavy atom. The zero-order valence-electron chi connectivity index (χ0n) is 13.2. The summed E-state index contributed by atoms with van der Waals surface area (Å²) in [6.07, 6.45) is -0.404. The van der Waals surface area contributed by atoms with Gasteiger partial charge in [-0.1, -0.05) is 30.3 Å². The van der Waals surface area contributed by atoms with Gasteiger partial charge < -0.3 is 19.9 Å². The molecule has 1 rings (SSSR count). The van der Waals surface area contributed by atoms with Crippen LogP contribution >= 0.6 is 0 Å². The molecule has 0 fully saturated rings. The molecule has 22 heavy (non-hydrogen) atoms. The van der Waals surface area contributed by atoms with Crippen molar-refractivity contribution in [2.24, 2.45) is 0 Å². The van der Waals surface area contributed by atoms with Crippen LogP contribution in [0, 0.1) is 0 Å². The number of rotatable bonds is 6. The lowest BCUT2D eigenvalue weighted by Crippen LogP contribution is -2.45. The number of carbonyl (C=O) groups excluding carboxylic acids is 2. The molecule has 1 aromatic rings. The number of carbonyl (C=O) groups is 2. The highest BCUT2D eigenvalue weighted by Gasteiger charge is 2.25. The zero-order valence-corrected chi connectivity index (χ0v) is 13.2. The lowest BCUT2D eigenvalue weighted by Gasteiger charge is -2.23. The van der Waals surface area contributed by atoms with Crippen molar-refractivity contribution in [1.82, 2.24) is 5.32 Å². The lowest BCUT2D eigenvalue weighted by atomic mass is 10.1. The molecule has 0 unspecified atom stereocenters. The van der Waals surface area contributed by atoms with Gasteiger partial charge in [-0.2, -0.15) is 0 Å². The maximum atomic E-state index is 12.0. The highest BCUT2D eigenvalue weighted by Crippen LogP contribution is 2.09. The molecule has 0 heterocycles. The van der Waals surface area contributed by atoms with E-state index in [-0.39, 0.29) is 19.6 Å². The van der Waals surface area contributed by atoms with Gasteiger partial charge in [0.25, 0.3) is 0 Å². The van der Waals surface area contributed by atoms with Crippen molar-refractivity contribution in [2.45, 2.75) is 38.8 Å². The maximum absolute atomic E-state index is 12.0. The molecule has 2 N–H and O–H groups in total. The van der Waals surface area contributed by atoms with Gasteiger partial charge >= 0.3 is 12.1 Å². The first kappa shape index (κ1) is 18.0. The van der Waals surface area contributed by atoms with Gasteiger partial charge in [0.15, 0.2) is 0 Å². The normalized spacial score (nSPS) is 12.4. The van der Waals surface area contributed by atoms with E-state index in [1.54, 1.807) is 20.8 Å². The molecule has 1 aromatic carbocycles. The zero-order chi connectivity index (χ0) is 16.6. The number of aliphatic hydroxyl groups is 1. The van der Waals surface area contributed by atoms with Crippen LogP contribution in [0.4, 0.5) is 4.79 Å². The van der Waals surface area contributed by atoms with E-state index in [9.17, 15) is 9.59 Å². The number of esters is 1. The van der Waals surface area contributed by atoms with Crippen LogP contribution in [0.3, 0.4) is 0 Å². The summed E-state index contributed by atoms with van der Waals surface area (Å²) in [6.45, 7) is 4.84. The molecular weight excluding hydrogens is 286 g/mol. The molecule has 0 spiro atoms. The molecule has 0 aliphatic rings. The van der Waals surface area contributed by atoms with Gasteiger partial charge in [0.05, 0.1) is 6.61 Å². The Morgan fingerprint density at radius 2 is 1.86 bits per heavy atom. The van der Waals surface area contributed by atoms with Gasteiger partial charge in [-0.3, -0.25) is 0 Å². The SMILES string of the molecule is CC(C)(C)OC(=O)N[C@@H](Cc1ccccc1)C(=O)OCCO. The minimum atomic E-state index is -0.871. The summed E-state index contributed by atoms with van der Waals surface area (Å²) < 4.78 is 10.1. The topological polar surface area (TPSA) is 84.9 Å². The van der Waals surface area contributed by atoms with Crippen molar-refractivity contribution in [2.75, 3.05) is 13.2 Å². The van der Waals surface area contributed by atoms with Crippen molar-refractivity contribution in [3.05, 3.63) is 35.9 Å². The molecule has 0 saturated heterocycles. The summed E-state index contributed by atoms with van der Waals surface area (Å²) in [4.78, 5) is 23.9. The van der Waals surface area contributed by atoms with E-state index >= 15 is 0 Å². The third-order valence-corrected chi connectivity index (χ3v) is 2.59. The number of nitrogens with one attached hydrogen (secondary N) is 1. The third-order valence-electron chi connectivity index (χ3n) is 2.59. The van der Waals surface area contributed by atoms with E-state index in [0.29, 0.717) is 0 Å². The largest absolute Gasteiger partial charge is 0.462 e. The molecule has 0 aliphatic heterocycles. The second kappa shape index (κ2) is 8.38. The van der Waals surface area contributed by atoms with Crippen molar-refractivity contribution >= 4 is 12.1 Å². The highest BCUT2D eigenvalue weighted by atomic mass is 16.6. The summed E-state index contributed by atoms with van der Waals surface area (Å²) in [5.41, 5.74) is 0.223. The Balaban J connectivity index is 2.73. The fourth-order valence-corrected chi connectivity index (χ4v) is 1.74. The molecule has 1 amide bonds. The summed E-state index contributed by atoms with van der Waals surface area (Å²) in [7, 11) is 0. The van der Waals surface area contributed by atoms with Crippen LogP contribution in [0.25, 0.3) is 0 Å². The summed E-state index contributed by atoms with van der Waals surface area (Å²) >= 11 is 0. The first-order chi connectivity index (χ1) is 10.3. The van der Waals surface area contributed by atoms with Crippen LogP contribution in [0.1, 0.15) is 26.3 Å². The average molecular weight is 309 g/mol. The first-order valence-corrected chi connectivity index (χ1v) is 7.13. The number of hydrogen-bond acceptors (Lipinski definition) is 5. The highest BCUT2D eigenvalue weighted by molar-refractivity contribution is 5.81. The molecule has 0 aromatic heterocycles. The van der Waals surface area contributed by atoms with E-state index in [1.165, 1.54) is 0 Å². The van der Waals surface area contributed by atoms with Crippen LogP contribution < -0.4 is 5.32 Å². The molecule has 6 heteroatoms. The fraction of sp³-hybridized carbons (Fsp3) is 0.500. The third kappa shape index (κ3) is 7.08. The van der Waals surface area contributed by atoms with Gasteiger partial charge in [0.1, 0.15) is 18.2 Å². The van der Waals surface area contributed by atoms with Crippen LogP contribution in [-0.2, 0) is 20.7 Å². The number of hydrogen-bond donors (Lipinski definition) is 2. The Kier molecular flexibility index (Phi) is 6.85. The monoisotopic (exact) mass is 309 g/mol. The van der Waals surface area contributed by atoms with E-state index < -0.39 is 23.7 Å². The molecule has 1 atom stereocenters. The molecule has 6 nitrogen and oxygen atoms in total. The Bertz CT molecular complexity index is 481. The minimum absolute atomic E-state index is 0.111. The number of ether oxygens (including phenoxy) is 2. The fourth-order valence-electron chi connectivity index (χ4n) is 1.74. The van der Waals surface area contributed by atoms with Crippen LogP contribution in [0.5, 0.6) is 0 Å². The molecule has 122 valence electrons. The second-order valence-corrected chi connectivity index (χ2v) is 5.78. The summed E-state index contributed by atoms with van der Waals surface area (Å²) in [6, 6.07) is 8.39. The van der Waals surface area contributed by atoms with Crippen LogP contribution in [-0.4, -0.2) is 42.0 Å². The van der Waals surface area contributed by atoms with Gasteiger partial charge in [0, 0.05) is 6.42 Å². The van der Waals surface area contributed by atoms with E-state index in [1.807, 2.05) is 30.3 Å². The Morgan fingerprint density at radius 3 is 2.41 bits per heavy atom. The van der Waals surface area contributed by atoms with E-state index in [2.05, 4.69) is 5.32 Å². The van der Waals surface area contributed by atoms with Crippen LogP contribution in [0.2, 0.25) is 0 Å². The second-order valence-electron chi connectivity index (χ2n) is 5.78. The maximum Gasteiger partial charge on any atom is 0.408 e. The van der Waals surface area contributed by atoms with Crippen molar-refractivity contribution in [3.8, 4) is 0 Å². The smallest absolute Gasteiger partial charge is 0.408 e. The predicted molar refractivity (Wildman–Crippen MR) is 81.3 cm³/mol. The van der Waals surface area contributed by atoms with Crippen molar-refractivity contribution in [1.29, 1.82) is 0 Å². The van der Waals surface area contributed by atoms with E-state index in [4.69, 9.17) is 14.6 Å². The predicted octanol–water partition coefficient (Wildman–Crippen LogP) is 1.66.